The first-order valence-corrected chi connectivity index (χ1v) is 13.7. The van der Waals surface area contributed by atoms with Crippen LogP contribution in [-0.2, 0) is 23.9 Å². The first kappa shape index (κ1) is 26.6. The molecule has 3 saturated heterocycles. The molecule has 2 aromatic carbocycles. The fourth-order valence-electron chi connectivity index (χ4n) is 7.22. The van der Waals surface area contributed by atoms with Crippen LogP contribution in [0.5, 0.6) is 0 Å². The molecular formula is C30H38N2O6. The van der Waals surface area contributed by atoms with Gasteiger partial charge in [-0.3, -0.25) is 14.4 Å². The molecule has 1 spiro atoms. The number of ether oxygens (including phenoxy) is 2. The number of hydrogen-bond donors (Lipinski definition) is 2. The summed E-state index contributed by atoms with van der Waals surface area (Å²) >= 11 is 0. The Morgan fingerprint density at radius 2 is 1.92 bits per heavy atom. The van der Waals surface area contributed by atoms with Crippen molar-refractivity contribution >= 4 is 34.2 Å². The molecule has 8 atom stereocenters. The minimum absolute atomic E-state index is 0.0681. The number of carbonyl (C=O) groups excluding carboxylic acids is 3. The maximum absolute atomic E-state index is 14.2. The molecule has 0 saturated carbocycles. The second-order valence-corrected chi connectivity index (χ2v) is 11.4. The molecular weight excluding hydrogens is 484 g/mol. The lowest BCUT2D eigenvalue weighted by atomic mass is 9.62. The Labute approximate surface area is 223 Å². The molecule has 3 aliphatic heterocycles. The summed E-state index contributed by atoms with van der Waals surface area (Å²) in [5.74, 6) is -2.99. The summed E-state index contributed by atoms with van der Waals surface area (Å²) in [6.45, 7) is 9.45. The van der Waals surface area contributed by atoms with Crippen molar-refractivity contribution in [2.45, 2.75) is 70.7 Å². The number of aliphatic hydroxyl groups is 1. The van der Waals surface area contributed by atoms with Gasteiger partial charge in [-0.25, -0.2) is 0 Å². The van der Waals surface area contributed by atoms with Crippen LogP contribution in [0.15, 0.2) is 42.5 Å². The van der Waals surface area contributed by atoms with Crippen LogP contribution in [0.1, 0.15) is 47.5 Å². The fourth-order valence-corrected chi connectivity index (χ4v) is 7.22. The van der Waals surface area contributed by atoms with Crippen molar-refractivity contribution in [1.29, 1.82) is 0 Å². The van der Waals surface area contributed by atoms with Gasteiger partial charge in [-0.1, -0.05) is 57.5 Å². The van der Waals surface area contributed by atoms with Gasteiger partial charge in [0.25, 0.3) is 0 Å². The van der Waals surface area contributed by atoms with E-state index in [4.69, 9.17) is 9.47 Å². The highest BCUT2D eigenvalue weighted by atomic mass is 16.6. The van der Waals surface area contributed by atoms with Crippen LogP contribution >= 0.6 is 0 Å². The van der Waals surface area contributed by atoms with Crippen molar-refractivity contribution in [2.75, 3.05) is 18.5 Å². The minimum Gasteiger partial charge on any atom is -0.466 e. The molecule has 0 aliphatic carbocycles. The zero-order chi connectivity index (χ0) is 27.4. The van der Waals surface area contributed by atoms with Gasteiger partial charge in [-0.05, 0) is 55.0 Å². The zero-order valence-corrected chi connectivity index (χ0v) is 22.8. The fraction of sp³-hybridized carbons (Fsp3) is 0.567. The molecule has 8 nitrogen and oxygen atoms in total. The van der Waals surface area contributed by atoms with Crippen LogP contribution in [0.25, 0.3) is 10.8 Å². The van der Waals surface area contributed by atoms with E-state index in [1.165, 1.54) is 4.90 Å². The van der Waals surface area contributed by atoms with Gasteiger partial charge >= 0.3 is 5.97 Å². The average Bonchev–Trinajstić information content (AvgIpc) is 3.41. The number of anilines is 1. The van der Waals surface area contributed by atoms with E-state index >= 15 is 0 Å². The number of amides is 2. The van der Waals surface area contributed by atoms with E-state index in [2.05, 4.69) is 5.32 Å². The van der Waals surface area contributed by atoms with Gasteiger partial charge in [0.1, 0.15) is 17.6 Å². The van der Waals surface area contributed by atoms with E-state index in [1.54, 1.807) is 6.92 Å². The standard InChI is InChI=1S/C30H38N2O6/c1-6-17(3)22(16-33)32-25(26(34)31-21-13-12-19-10-8-9-11-20(19)14-21)30-15-18(4)29(5,38-30)24(23(30)27(32)35)28(36)37-7-2/h8-14,17-18,22-25,33H,6-7,15-16H2,1-5H3,(H,31,34)/t17-,18?,22-,23-,24+,25?,29-,30?/m0/s1. The van der Waals surface area contributed by atoms with E-state index in [0.29, 0.717) is 18.5 Å². The third-order valence-corrected chi connectivity index (χ3v) is 9.40. The number of fused-ring (bicyclic) bond motifs is 2. The van der Waals surface area contributed by atoms with E-state index < -0.39 is 41.1 Å². The van der Waals surface area contributed by atoms with E-state index in [9.17, 15) is 19.5 Å². The molecule has 38 heavy (non-hydrogen) atoms. The zero-order valence-electron chi connectivity index (χ0n) is 22.8. The van der Waals surface area contributed by atoms with Gasteiger partial charge in [-0.2, -0.15) is 0 Å². The van der Waals surface area contributed by atoms with Gasteiger partial charge < -0.3 is 24.8 Å². The second-order valence-electron chi connectivity index (χ2n) is 11.4. The molecule has 3 heterocycles. The van der Waals surface area contributed by atoms with Crippen molar-refractivity contribution in [3.8, 4) is 0 Å². The first-order chi connectivity index (χ1) is 18.1. The lowest BCUT2D eigenvalue weighted by Gasteiger charge is -2.39. The normalized spacial score (nSPS) is 33.3. The van der Waals surface area contributed by atoms with Crippen LogP contribution in [-0.4, -0.2) is 64.3 Å². The van der Waals surface area contributed by atoms with Crippen LogP contribution in [0.2, 0.25) is 0 Å². The van der Waals surface area contributed by atoms with Crippen LogP contribution in [0.3, 0.4) is 0 Å². The number of nitrogens with one attached hydrogen (secondary N) is 1. The maximum Gasteiger partial charge on any atom is 0.312 e. The number of benzene rings is 2. The summed E-state index contributed by atoms with van der Waals surface area (Å²) in [7, 11) is 0. The van der Waals surface area contributed by atoms with E-state index in [0.717, 1.165) is 10.8 Å². The number of likely N-dealkylation sites (tertiary alicyclic amines) is 1. The van der Waals surface area contributed by atoms with Gasteiger partial charge in [0.15, 0.2) is 0 Å². The highest BCUT2D eigenvalue weighted by Crippen LogP contribution is 2.65. The Morgan fingerprint density at radius 1 is 1.21 bits per heavy atom. The lowest BCUT2D eigenvalue weighted by molar-refractivity contribution is -0.162. The third-order valence-electron chi connectivity index (χ3n) is 9.40. The first-order valence-electron chi connectivity index (χ1n) is 13.7. The van der Waals surface area contributed by atoms with Gasteiger partial charge in [0.2, 0.25) is 11.8 Å². The van der Waals surface area contributed by atoms with Crippen LogP contribution in [0.4, 0.5) is 5.69 Å². The van der Waals surface area contributed by atoms with Crippen molar-refractivity contribution in [3.63, 3.8) is 0 Å². The average molecular weight is 523 g/mol. The number of rotatable bonds is 8. The summed E-state index contributed by atoms with van der Waals surface area (Å²) in [6, 6.07) is 12.0. The van der Waals surface area contributed by atoms with Crippen LogP contribution < -0.4 is 5.32 Å². The monoisotopic (exact) mass is 522 g/mol. The number of aliphatic hydroxyl groups excluding tert-OH is 1. The number of nitrogens with zero attached hydrogens (tertiary/aromatic N) is 1. The van der Waals surface area contributed by atoms with Crippen molar-refractivity contribution < 1.29 is 29.0 Å². The molecule has 5 rings (SSSR count). The Bertz CT molecular complexity index is 1260. The topological polar surface area (TPSA) is 105 Å². The summed E-state index contributed by atoms with van der Waals surface area (Å²) in [4.78, 5) is 43.2. The summed E-state index contributed by atoms with van der Waals surface area (Å²) < 4.78 is 12.1. The highest BCUT2D eigenvalue weighted by molar-refractivity contribution is 6.04. The smallest absolute Gasteiger partial charge is 0.312 e. The predicted octanol–water partition coefficient (Wildman–Crippen LogP) is 3.76. The molecule has 2 N–H and O–H groups in total. The molecule has 0 aromatic heterocycles. The summed E-state index contributed by atoms with van der Waals surface area (Å²) in [5, 5.41) is 15.5. The van der Waals surface area contributed by atoms with E-state index in [-0.39, 0.29) is 36.9 Å². The molecule has 2 aromatic rings. The molecule has 2 bridgehead atoms. The molecule has 0 radical (unpaired) electrons. The third kappa shape index (κ3) is 3.75. The van der Waals surface area contributed by atoms with E-state index in [1.807, 2.05) is 70.2 Å². The maximum atomic E-state index is 14.2. The SMILES string of the molecule is CCOC(=O)[C@H]1[C@H]2C(=O)N([C@@H](CO)[C@@H](C)CC)C(C(=O)Nc3ccc4ccccc4c3)C23CC(C)[C@]1(C)O3. The Balaban J connectivity index is 1.59. The molecule has 204 valence electrons. The molecule has 3 fully saturated rings. The largest absolute Gasteiger partial charge is 0.466 e. The van der Waals surface area contributed by atoms with Crippen molar-refractivity contribution in [3.05, 3.63) is 42.5 Å². The Hall–Kier alpha value is -2.97. The Kier molecular flexibility index (Phi) is 6.76. The number of hydrogen-bond acceptors (Lipinski definition) is 6. The number of carbonyl (C=O) groups is 3. The minimum atomic E-state index is -1.19. The highest BCUT2D eigenvalue weighted by Gasteiger charge is 2.80. The molecule has 3 aliphatic rings. The predicted molar refractivity (Wildman–Crippen MR) is 143 cm³/mol. The quantitative estimate of drug-likeness (QED) is 0.512. The van der Waals surface area contributed by atoms with Crippen molar-refractivity contribution in [1.82, 2.24) is 4.90 Å². The van der Waals surface area contributed by atoms with Crippen molar-refractivity contribution in [2.24, 2.45) is 23.7 Å². The number of esters is 1. The van der Waals surface area contributed by atoms with Gasteiger partial charge in [0.05, 0.1) is 30.8 Å². The second kappa shape index (κ2) is 9.65. The molecule has 3 unspecified atom stereocenters. The Morgan fingerprint density at radius 3 is 2.58 bits per heavy atom. The molecule has 2 amide bonds. The van der Waals surface area contributed by atoms with Gasteiger partial charge in [-0.15, -0.1) is 0 Å². The lowest BCUT2D eigenvalue weighted by Crippen LogP contribution is -2.57. The summed E-state index contributed by atoms with van der Waals surface area (Å²) in [5.41, 5.74) is -1.51. The van der Waals surface area contributed by atoms with Gasteiger partial charge in [0, 0.05) is 5.69 Å². The summed E-state index contributed by atoms with van der Waals surface area (Å²) in [6.07, 6.45) is 1.17. The van der Waals surface area contributed by atoms with Crippen LogP contribution in [0, 0.1) is 23.7 Å². The molecule has 8 heteroatoms.